The van der Waals surface area contributed by atoms with Crippen LogP contribution in [0.4, 0.5) is 5.82 Å². The van der Waals surface area contributed by atoms with Gasteiger partial charge in [0, 0.05) is 13.1 Å². The number of ether oxygens (including phenoxy) is 2. The predicted molar refractivity (Wildman–Crippen MR) is 83.6 cm³/mol. The van der Waals surface area contributed by atoms with Gasteiger partial charge in [-0.2, -0.15) is 4.98 Å². The highest BCUT2D eigenvalue weighted by Gasteiger charge is 2.18. The van der Waals surface area contributed by atoms with Crippen molar-refractivity contribution in [3.8, 4) is 11.5 Å². The van der Waals surface area contributed by atoms with Gasteiger partial charge in [-0.15, -0.1) is 0 Å². The Morgan fingerprint density at radius 1 is 1.17 bits per heavy atom. The van der Waals surface area contributed by atoms with Crippen LogP contribution in [-0.4, -0.2) is 28.5 Å². The highest BCUT2D eigenvalue weighted by Crippen LogP contribution is 2.33. The summed E-state index contributed by atoms with van der Waals surface area (Å²) in [4.78, 5) is 10.7. The second-order valence-corrected chi connectivity index (χ2v) is 5.35. The first-order valence-electron chi connectivity index (χ1n) is 7.46. The van der Waals surface area contributed by atoms with Gasteiger partial charge in [0.25, 0.3) is 5.71 Å². The van der Waals surface area contributed by atoms with Crippen molar-refractivity contribution < 1.29 is 14.0 Å². The van der Waals surface area contributed by atoms with Gasteiger partial charge in [-0.1, -0.05) is 11.2 Å². The molecule has 1 aliphatic heterocycles. The van der Waals surface area contributed by atoms with Gasteiger partial charge in [0.05, 0.1) is 5.69 Å². The van der Waals surface area contributed by atoms with Crippen LogP contribution in [-0.2, 0) is 6.54 Å². The van der Waals surface area contributed by atoms with Crippen molar-refractivity contribution >= 4 is 16.9 Å². The molecule has 118 valence electrons. The first-order chi connectivity index (χ1) is 11.3. The molecular formula is C16H16N4O3. The standard InChI is InChI=1S/C16H16N4O3/c1-3-20(7-11-4-5-12-13(6-11)22-9-21-12)15-14-10(2)19-23-16(14)18-8-17-15/h4-6,8H,3,7,9H2,1-2H3. The van der Waals surface area contributed by atoms with Crippen LogP contribution in [0.1, 0.15) is 18.2 Å². The van der Waals surface area contributed by atoms with Gasteiger partial charge in [-0.05, 0) is 31.5 Å². The Labute approximate surface area is 132 Å². The molecule has 0 saturated heterocycles. The Morgan fingerprint density at radius 3 is 2.91 bits per heavy atom. The molecule has 0 unspecified atom stereocenters. The largest absolute Gasteiger partial charge is 0.454 e. The van der Waals surface area contributed by atoms with E-state index in [1.807, 2.05) is 25.1 Å². The van der Waals surface area contributed by atoms with Crippen molar-refractivity contribution in [3.63, 3.8) is 0 Å². The molecule has 0 fully saturated rings. The molecule has 3 heterocycles. The number of fused-ring (bicyclic) bond motifs is 2. The summed E-state index contributed by atoms with van der Waals surface area (Å²) in [6.07, 6.45) is 1.50. The van der Waals surface area contributed by atoms with Crippen molar-refractivity contribution in [1.29, 1.82) is 0 Å². The molecule has 0 N–H and O–H groups in total. The SMILES string of the molecule is CCN(Cc1ccc2c(c1)OCO2)c1ncnc2onc(C)c12. The fraction of sp³-hybridized carbons (Fsp3) is 0.312. The lowest BCUT2D eigenvalue weighted by Crippen LogP contribution is -2.23. The normalized spacial score (nSPS) is 12.8. The highest BCUT2D eigenvalue weighted by atomic mass is 16.7. The third-order valence-electron chi connectivity index (χ3n) is 3.91. The van der Waals surface area contributed by atoms with E-state index >= 15 is 0 Å². The summed E-state index contributed by atoms with van der Waals surface area (Å²) in [5, 5.41) is 4.84. The molecule has 23 heavy (non-hydrogen) atoms. The highest BCUT2D eigenvalue weighted by molar-refractivity contribution is 5.87. The van der Waals surface area contributed by atoms with Crippen molar-refractivity contribution in [2.45, 2.75) is 20.4 Å². The van der Waals surface area contributed by atoms with E-state index in [1.165, 1.54) is 6.33 Å². The van der Waals surface area contributed by atoms with Gasteiger partial charge in [0.15, 0.2) is 11.5 Å². The molecule has 0 radical (unpaired) electrons. The smallest absolute Gasteiger partial charge is 0.263 e. The van der Waals surface area contributed by atoms with Gasteiger partial charge in [-0.3, -0.25) is 0 Å². The van der Waals surface area contributed by atoms with Crippen LogP contribution in [0.2, 0.25) is 0 Å². The zero-order valence-corrected chi connectivity index (χ0v) is 12.9. The first-order valence-corrected chi connectivity index (χ1v) is 7.46. The fourth-order valence-corrected chi connectivity index (χ4v) is 2.74. The van der Waals surface area contributed by atoms with E-state index in [0.29, 0.717) is 12.3 Å². The minimum atomic E-state index is 0.280. The molecule has 0 bridgehead atoms. The average molecular weight is 312 g/mol. The van der Waals surface area contributed by atoms with Crippen molar-refractivity contribution in [1.82, 2.24) is 15.1 Å². The fourth-order valence-electron chi connectivity index (χ4n) is 2.74. The van der Waals surface area contributed by atoms with Gasteiger partial charge in [0.1, 0.15) is 17.5 Å². The lowest BCUT2D eigenvalue weighted by Gasteiger charge is -2.22. The van der Waals surface area contributed by atoms with E-state index in [4.69, 9.17) is 14.0 Å². The molecule has 1 aliphatic rings. The molecule has 1 aromatic carbocycles. The molecule has 7 heteroatoms. The number of rotatable bonds is 4. The van der Waals surface area contributed by atoms with Crippen molar-refractivity contribution in [3.05, 3.63) is 35.8 Å². The summed E-state index contributed by atoms with van der Waals surface area (Å²) in [5.74, 6) is 2.40. The van der Waals surface area contributed by atoms with Crippen molar-refractivity contribution in [2.75, 3.05) is 18.2 Å². The Morgan fingerprint density at radius 2 is 2.04 bits per heavy atom. The monoisotopic (exact) mass is 312 g/mol. The molecule has 0 amide bonds. The maximum atomic E-state index is 5.45. The van der Waals surface area contributed by atoms with E-state index in [0.717, 1.165) is 40.5 Å². The zero-order valence-electron chi connectivity index (χ0n) is 12.9. The number of aromatic nitrogens is 3. The molecule has 0 atom stereocenters. The van der Waals surface area contributed by atoms with Gasteiger partial charge in [0.2, 0.25) is 6.79 Å². The maximum Gasteiger partial charge on any atom is 0.263 e. The Balaban J connectivity index is 1.69. The Hall–Kier alpha value is -2.83. The number of hydrogen-bond acceptors (Lipinski definition) is 7. The molecule has 0 saturated carbocycles. The third-order valence-corrected chi connectivity index (χ3v) is 3.91. The number of nitrogens with zero attached hydrogens (tertiary/aromatic N) is 4. The third kappa shape index (κ3) is 2.34. The lowest BCUT2D eigenvalue weighted by molar-refractivity contribution is 0.174. The molecule has 0 spiro atoms. The van der Waals surface area contributed by atoms with Crippen LogP contribution in [0.5, 0.6) is 11.5 Å². The van der Waals surface area contributed by atoms with Crippen LogP contribution in [0, 0.1) is 6.92 Å². The number of aryl methyl sites for hydroxylation is 1. The molecule has 4 rings (SSSR count). The van der Waals surface area contributed by atoms with E-state index in [-0.39, 0.29) is 6.79 Å². The van der Waals surface area contributed by atoms with Crippen LogP contribution in [0.15, 0.2) is 29.0 Å². The van der Waals surface area contributed by atoms with Crippen LogP contribution < -0.4 is 14.4 Å². The summed E-state index contributed by atoms with van der Waals surface area (Å²) in [5.41, 5.74) is 2.42. The van der Waals surface area contributed by atoms with Gasteiger partial charge >= 0.3 is 0 Å². The predicted octanol–water partition coefficient (Wildman–Crippen LogP) is 2.68. The maximum absolute atomic E-state index is 5.45. The van der Waals surface area contributed by atoms with E-state index in [9.17, 15) is 0 Å². The van der Waals surface area contributed by atoms with E-state index in [2.05, 4.69) is 26.9 Å². The lowest BCUT2D eigenvalue weighted by atomic mass is 10.1. The summed E-state index contributed by atoms with van der Waals surface area (Å²) in [6.45, 7) is 5.76. The summed E-state index contributed by atoms with van der Waals surface area (Å²) >= 11 is 0. The quantitative estimate of drug-likeness (QED) is 0.733. The average Bonchev–Trinajstić information content (AvgIpc) is 3.19. The number of anilines is 1. The minimum Gasteiger partial charge on any atom is -0.454 e. The minimum absolute atomic E-state index is 0.280. The van der Waals surface area contributed by atoms with Crippen LogP contribution >= 0.6 is 0 Å². The van der Waals surface area contributed by atoms with E-state index < -0.39 is 0 Å². The second kappa shape index (κ2) is 5.42. The number of benzene rings is 1. The van der Waals surface area contributed by atoms with Crippen LogP contribution in [0.25, 0.3) is 11.1 Å². The zero-order chi connectivity index (χ0) is 15.8. The topological polar surface area (TPSA) is 73.5 Å². The number of hydrogen-bond donors (Lipinski definition) is 0. The van der Waals surface area contributed by atoms with Crippen molar-refractivity contribution in [2.24, 2.45) is 0 Å². The van der Waals surface area contributed by atoms with Crippen LogP contribution in [0.3, 0.4) is 0 Å². The molecule has 3 aromatic rings. The first kappa shape index (κ1) is 13.8. The molecule has 0 aliphatic carbocycles. The summed E-state index contributed by atoms with van der Waals surface area (Å²) in [7, 11) is 0. The second-order valence-electron chi connectivity index (χ2n) is 5.35. The van der Waals surface area contributed by atoms with Gasteiger partial charge in [-0.25, -0.2) is 4.98 Å². The summed E-state index contributed by atoms with van der Waals surface area (Å²) in [6, 6.07) is 5.98. The Kier molecular flexibility index (Phi) is 3.25. The summed E-state index contributed by atoms with van der Waals surface area (Å²) < 4.78 is 16.0. The molecular weight excluding hydrogens is 296 g/mol. The van der Waals surface area contributed by atoms with Gasteiger partial charge < -0.3 is 18.9 Å². The van der Waals surface area contributed by atoms with E-state index in [1.54, 1.807) is 0 Å². The molecule has 7 nitrogen and oxygen atoms in total. The Bertz CT molecular complexity index is 862. The molecule has 2 aromatic heterocycles.